The van der Waals surface area contributed by atoms with Crippen molar-refractivity contribution < 1.29 is 14.0 Å². The van der Waals surface area contributed by atoms with E-state index in [-0.39, 0.29) is 17.7 Å². The van der Waals surface area contributed by atoms with Crippen molar-refractivity contribution >= 4 is 11.8 Å². The van der Waals surface area contributed by atoms with Crippen LogP contribution in [0.2, 0.25) is 0 Å². The molecule has 0 aliphatic carbocycles. The van der Waals surface area contributed by atoms with Crippen molar-refractivity contribution in [2.45, 2.75) is 0 Å². The molecule has 76 valence electrons. The Kier molecular flexibility index (Phi) is 2.11. The molecule has 0 aromatic heterocycles. The SMILES string of the molecule is C=CCN1C(=O)c2ccc(F)cc2C1=O. The topological polar surface area (TPSA) is 37.4 Å². The number of carbonyl (C=O) groups is 2. The van der Waals surface area contributed by atoms with Gasteiger partial charge in [0.05, 0.1) is 11.1 Å². The lowest BCUT2D eigenvalue weighted by atomic mass is 10.1. The normalized spacial score (nSPS) is 14.3. The summed E-state index contributed by atoms with van der Waals surface area (Å²) >= 11 is 0. The van der Waals surface area contributed by atoms with Crippen molar-refractivity contribution in [3.8, 4) is 0 Å². The van der Waals surface area contributed by atoms with E-state index in [0.29, 0.717) is 0 Å². The number of imide groups is 1. The fourth-order valence-corrected chi connectivity index (χ4v) is 1.56. The van der Waals surface area contributed by atoms with E-state index in [4.69, 9.17) is 0 Å². The highest BCUT2D eigenvalue weighted by Gasteiger charge is 2.34. The molecule has 2 amide bonds. The first-order valence-electron chi connectivity index (χ1n) is 4.42. The smallest absolute Gasteiger partial charge is 0.261 e. The summed E-state index contributed by atoms with van der Waals surface area (Å²) in [6, 6.07) is 3.58. The van der Waals surface area contributed by atoms with E-state index in [1.165, 1.54) is 18.2 Å². The zero-order valence-corrected chi connectivity index (χ0v) is 7.87. The van der Waals surface area contributed by atoms with Gasteiger partial charge in [0.25, 0.3) is 11.8 Å². The molecule has 0 radical (unpaired) electrons. The zero-order chi connectivity index (χ0) is 11.0. The molecule has 0 saturated heterocycles. The molecule has 0 unspecified atom stereocenters. The zero-order valence-electron chi connectivity index (χ0n) is 7.87. The maximum absolute atomic E-state index is 12.9. The number of hydrogen-bond donors (Lipinski definition) is 0. The molecule has 3 nitrogen and oxygen atoms in total. The summed E-state index contributed by atoms with van der Waals surface area (Å²) in [4.78, 5) is 24.3. The van der Waals surface area contributed by atoms with Crippen LogP contribution >= 0.6 is 0 Å². The Bertz CT molecular complexity index is 468. The number of halogens is 1. The first kappa shape index (κ1) is 9.58. The highest BCUT2D eigenvalue weighted by Crippen LogP contribution is 2.23. The number of carbonyl (C=O) groups excluding carboxylic acids is 2. The van der Waals surface area contributed by atoms with Crippen LogP contribution in [-0.4, -0.2) is 23.3 Å². The van der Waals surface area contributed by atoms with Crippen molar-refractivity contribution in [3.63, 3.8) is 0 Å². The molecule has 1 aromatic rings. The van der Waals surface area contributed by atoms with Gasteiger partial charge in [0.1, 0.15) is 5.82 Å². The summed E-state index contributed by atoms with van der Waals surface area (Å²) in [6.07, 6.45) is 1.46. The molecule has 2 rings (SSSR count). The van der Waals surface area contributed by atoms with Crippen molar-refractivity contribution in [2.75, 3.05) is 6.54 Å². The molecule has 0 saturated carbocycles. The summed E-state index contributed by atoms with van der Waals surface area (Å²) < 4.78 is 12.9. The predicted octanol–water partition coefficient (Wildman–Crippen LogP) is 1.61. The molecule has 1 aliphatic rings. The average molecular weight is 205 g/mol. The lowest BCUT2D eigenvalue weighted by molar-refractivity contribution is 0.0672. The summed E-state index contributed by atoms with van der Waals surface area (Å²) in [6.45, 7) is 3.60. The Morgan fingerprint density at radius 3 is 2.60 bits per heavy atom. The quantitative estimate of drug-likeness (QED) is 0.543. The summed E-state index contributed by atoms with van der Waals surface area (Å²) in [7, 11) is 0. The molecule has 1 aromatic carbocycles. The molecule has 0 fully saturated rings. The van der Waals surface area contributed by atoms with Crippen LogP contribution in [0.1, 0.15) is 20.7 Å². The van der Waals surface area contributed by atoms with E-state index in [2.05, 4.69) is 6.58 Å². The highest BCUT2D eigenvalue weighted by atomic mass is 19.1. The minimum Gasteiger partial charge on any atom is -0.270 e. The van der Waals surface area contributed by atoms with Crippen LogP contribution in [0.3, 0.4) is 0 Å². The molecule has 4 heteroatoms. The summed E-state index contributed by atoms with van der Waals surface area (Å²) in [5.41, 5.74) is 0.380. The molecular formula is C11H8FNO2. The van der Waals surface area contributed by atoms with Gasteiger partial charge < -0.3 is 0 Å². The number of amides is 2. The van der Waals surface area contributed by atoms with Crippen LogP contribution < -0.4 is 0 Å². The largest absolute Gasteiger partial charge is 0.270 e. The fourth-order valence-electron chi connectivity index (χ4n) is 1.56. The second-order valence-electron chi connectivity index (χ2n) is 3.20. The molecule has 0 bridgehead atoms. The predicted molar refractivity (Wildman–Crippen MR) is 52.0 cm³/mol. The molecule has 0 N–H and O–H groups in total. The van der Waals surface area contributed by atoms with Gasteiger partial charge >= 0.3 is 0 Å². The second kappa shape index (κ2) is 3.31. The maximum atomic E-state index is 12.9. The average Bonchev–Trinajstić information content (AvgIpc) is 2.44. The molecule has 0 atom stereocenters. The van der Waals surface area contributed by atoms with E-state index in [1.54, 1.807) is 0 Å². The van der Waals surface area contributed by atoms with Gasteiger partial charge in [-0.2, -0.15) is 0 Å². The van der Waals surface area contributed by atoms with Gasteiger partial charge in [-0.05, 0) is 18.2 Å². The second-order valence-corrected chi connectivity index (χ2v) is 3.20. The Morgan fingerprint density at radius 2 is 1.93 bits per heavy atom. The van der Waals surface area contributed by atoms with Crippen molar-refractivity contribution in [3.05, 3.63) is 47.8 Å². The van der Waals surface area contributed by atoms with Gasteiger partial charge in [-0.25, -0.2) is 4.39 Å². The van der Waals surface area contributed by atoms with Gasteiger partial charge in [0, 0.05) is 6.54 Å². The lowest BCUT2D eigenvalue weighted by Crippen LogP contribution is -2.29. The summed E-state index contributed by atoms with van der Waals surface area (Å²) in [5.74, 6) is -1.38. The van der Waals surface area contributed by atoms with E-state index >= 15 is 0 Å². The van der Waals surface area contributed by atoms with Crippen LogP contribution in [0.25, 0.3) is 0 Å². The van der Waals surface area contributed by atoms with Gasteiger partial charge in [-0.1, -0.05) is 6.08 Å². The molecule has 1 aliphatic heterocycles. The first-order valence-corrected chi connectivity index (χ1v) is 4.42. The number of rotatable bonds is 2. The Labute approximate surface area is 85.8 Å². The Hall–Kier alpha value is -1.97. The summed E-state index contributed by atoms with van der Waals surface area (Å²) in [5, 5.41) is 0. The molecule has 0 spiro atoms. The number of benzene rings is 1. The van der Waals surface area contributed by atoms with Crippen LogP contribution in [-0.2, 0) is 0 Å². The van der Waals surface area contributed by atoms with Crippen LogP contribution in [0, 0.1) is 5.82 Å². The minimum atomic E-state index is -0.518. The molecular weight excluding hydrogens is 197 g/mol. The third-order valence-corrected chi connectivity index (χ3v) is 2.24. The van der Waals surface area contributed by atoms with Gasteiger partial charge in [0.15, 0.2) is 0 Å². The molecule has 1 heterocycles. The third-order valence-electron chi connectivity index (χ3n) is 2.24. The van der Waals surface area contributed by atoms with Crippen LogP contribution in [0.5, 0.6) is 0 Å². The first-order chi connectivity index (χ1) is 7.15. The highest BCUT2D eigenvalue weighted by molar-refractivity contribution is 6.21. The number of hydrogen-bond acceptors (Lipinski definition) is 2. The van der Waals surface area contributed by atoms with Crippen LogP contribution in [0.15, 0.2) is 30.9 Å². The maximum Gasteiger partial charge on any atom is 0.261 e. The van der Waals surface area contributed by atoms with Gasteiger partial charge in [0.2, 0.25) is 0 Å². The van der Waals surface area contributed by atoms with E-state index < -0.39 is 17.6 Å². The van der Waals surface area contributed by atoms with E-state index in [0.717, 1.165) is 11.0 Å². The monoisotopic (exact) mass is 205 g/mol. The molecule has 15 heavy (non-hydrogen) atoms. The number of fused-ring (bicyclic) bond motifs is 1. The third kappa shape index (κ3) is 1.34. The number of nitrogens with zero attached hydrogens (tertiary/aromatic N) is 1. The Morgan fingerprint density at radius 1 is 1.27 bits per heavy atom. The Balaban J connectivity index is 2.50. The van der Waals surface area contributed by atoms with Crippen molar-refractivity contribution in [1.82, 2.24) is 4.90 Å². The van der Waals surface area contributed by atoms with E-state index in [9.17, 15) is 14.0 Å². The van der Waals surface area contributed by atoms with Gasteiger partial charge in [-0.15, -0.1) is 6.58 Å². The van der Waals surface area contributed by atoms with E-state index in [1.807, 2.05) is 0 Å². The lowest BCUT2D eigenvalue weighted by Gasteiger charge is -2.09. The van der Waals surface area contributed by atoms with Crippen LogP contribution in [0.4, 0.5) is 4.39 Å². The standard InChI is InChI=1S/C11H8FNO2/c1-2-5-13-10(14)8-4-3-7(12)6-9(8)11(13)15/h2-4,6H,1,5H2. The minimum absolute atomic E-state index is 0.127. The van der Waals surface area contributed by atoms with Crippen molar-refractivity contribution in [2.24, 2.45) is 0 Å². The van der Waals surface area contributed by atoms with Crippen molar-refractivity contribution in [1.29, 1.82) is 0 Å². The fraction of sp³-hybridized carbons (Fsp3) is 0.0909. The van der Waals surface area contributed by atoms with Gasteiger partial charge in [-0.3, -0.25) is 14.5 Å².